The quantitative estimate of drug-likeness (QED) is 0.379. The molecule has 166 valence electrons. The van der Waals surface area contributed by atoms with Crippen LogP contribution in [0.2, 0.25) is 10.0 Å². The van der Waals surface area contributed by atoms with E-state index in [0.717, 1.165) is 4.90 Å². The van der Waals surface area contributed by atoms with Gasteiger partial charge in [0.25, 0.3) is 5.91 Å². The topological polar surface area (TPSA) is 76.7 Å². The van der Waals surface area contributed by atoms with E-state index in [2.05, 4.69) is 10.6 Å². The van der Waals surface area contributed by atoms with Crippen LogP contribution in [-0.4, -0.2) is 31.8 Å². The number of hydrogen-bond acceptors (Lipinski definition) is 5. The second-order valence-electron chi connectivity index (χ2n) is 6.51. The van der Waals surface area contributed by atoms with Crippen LogP contribution < -0.4 is 20.1 Å². The summed E-state index contributed by atoms with van der Waals surface area (Å²) in [6.45, 7) is 0. The lowest BCUT2D eigenvalue weighted by Gasteiger charge is -2.13. The maximum atomic E-state index is 12.4. The number of carbonyl (C=O) groups excluding carboxylic acids is 2. The number of benzene rings is 3. The SMILES string of the molecule is COc1cc(OC)c(NC(=O)CSc2ccc(NC(=O)c3cccc(Cl)c3)cc2)cc1Cl. The standard InChI is InChI=1S/C23H20Cl2N2O4S/c1-30-20-12-21(31-2)19(11-18(20)25)27-22(28)13-32-17-8-6-16(7-9-17)26-23(29)14-4-3-5-15(24)10-14/h3-12H,13H2,1-2H3,(H,26,29)(H,27,28). The lowest BCUT2D eigenvalue weighted by molar-refractivity contribution is -0.113. The molecule has 0 aliphatic rings. The molecule has 0 unspecified atom stereocenters. The minimum Gasteiger partial charge on any atom is -0.495 e. The Hall–Kier alpha value is -2.87. The molecule has 6 nitrogen and oxygen atoms in total. The first-order valence-electron chi connectivity index (χ1n) is 9.40. The number of rotatable bonds is 8. The summed E-state index contributed by atoms with van der Waals surface area (Å²) in [6.07, 6.45) is 0. The fraction of sp³-hybridized carbons (Fsp3) is 0.130. The van der Waals surface area contributed by atoms with Crippen LogP contribution in [0.15, 0.2) is 65.6 Å². The van der Waals surface area contributed by atoms with Gasteiger partial charge in [0.15, 0.2) is 0 Å². The first-order valence-corrected chi connectivity index (χ1v) is 11.1. The highest BCUT2D eigenvalue weighted by Crippen LogP contribution is 2.36. The van der Waals surface area contributed by atoms with Gasteiger partial charge in [-0.3, -0.25) is 9.59 Å². The van der Waals surface area contributed by atoms with Gasteiger partial charge >= 0.3 is 0 Å². The molecule has 32 heavy (non-hydrogen) atoms. The number of halogens is 2. The molecule has 2 N–H and O–H groups in total. The molecule has 0 fully saturated rings. The molecule has 0 radical (unpaired) electrons. The molecule has 3 rings (SSSR count). The Kier molecular flexibility index (Phi) is 8.27. The molecule has 0 saturated carbocycles. The van der Waals surface area contributed by atoms with E-state index >= 15 is 0 Å². The predicted octanol–water partition coefficient (Wildman–Crippen LogP) is 5.99. The molecule has 0 spiro atoms. The molecule has 0 saturated heterocycles. The Morgan fingerprint density at radius 3 is 2.28 bits per heavy atom. The Morgan fingerprint density at radius 1 is 0.906 bits per heavy atom. The second kappa shape index (κ2) is 11.1. The number of hydrogen-bond donors (Lipinski definition) is 2. The van der Waals surface area contributed by atoms with Crippen LogP contribution in [0.25, 0.3) is 0 Å². The van der Waals surface area contributed by atoms with Gasteiger partial charge in [0.05, 0.1) is 30.7 Å². The average molecular weight is 491 g/mol. The monoisotopic (exact) mass is 490 g/mol. The van der Waals surface area contributed by atoms with Gasteiger partial charge in [0.1, 0.15) is 11.5 Å². The fourth-order valence-corrected chi connectivity index (χ4v) is 3.89. The van der Waals surface area contributed by atoms with Crippen molar-refractivity contribution in [1.82, 2.24) is 0 Å². The van der Waals surface area contributed by atoms with Crippen molar-refractivity contribution in [1.29, 1.82) is 0 Å². The number of ether oxygens (including phenoxy) is 2. The van der Waals surface area contributed by atoms with Gasteiger partial charge in [-0.1, -0.05) is 29.3 Å². The van der Waals surface area contributed by atoms with Crippen molar-refractivity contribution in [3.63, 3.8) is 0 Å². The minimum atomic E-state index is -0.251. The van der Waals surface area contributed by atoms with Crippen LogP contribution in [0.1, 0.15) is 10.4 Å². The number of anilines is 2. The first kappa shape index (κ1) is 23.8. The largest absolute Gasteiger partial charge is 0.495 e. The highest BCUT2D eigenvalue weighted by atomic mass is 35.5. The number of nitrogens with one attached hydrogen (secondary N) is 2. The first-order chi connectivity index (χ1) is 15.4. The Labute approximate surface area is 200 Å². The minimum absolute atomic E-state index is 0.182. The molecule has 0 heterocycles. The average Bonchev–Trinajstić information content (AvgIpc) is 2.79. The maximum absolute atomic E-state index is 12.4. The van der Waals surface area contributed by atoms with Gasteiger partial charge in [0.2, 0.25) is 5.91 Å². The van der Waals surface area contributed by atoms with Gasteiger partial charge in [0, 0.05) is 27.2 Å². The molecule has 0 aromatic heterocycles. The number of carbonyl (C=O) groups is 2. The van der Waals surface area contributed by atoms with E-state index in [9.17, 15) is 9.59 Å². The van der Waals surface area contributed by atoms with Gasteiger partial charge < -0.3 is 20.1 Å². The number of methoxy groups -OCH3 is 2. The third kappa shape index (κ3) is 6.32. The summed E-state index contributed by atoms with van der Waals surface area (Å²) < 4.78 is 10.4. The molecular weight excluding hydrogens is 471 g/mol. The lowest BCUT2D eigenvalue weighted by atomic mass is 10.2. The molecule has 0 aliphatic heterocycles. The third-order valence-corrected chi connectivity index (χ3v) is 5.86. The van der Waals surface area contributed by atoms with E-state index in [1.165, 1.54) is 26.0 Å². The van der Waals surface area contributed by atoms with Gasteiger partial charge in [-0.15, -0.1) is 11.8 Å². The van der Waals surface area contributed by atoms with E-state index in [1.54, 1.807) is 48.5 Å². The van der Waals surface area contributed by atoms with Gasteiger partial charge in [-0.2, -0.15) is 0 Å². The van der Waals surface area contributed by atoms with Crippen molar-refractivity contribution in [3.8, 4) is 11.5 Å². The normalized spacial score (nSPS) is 10.4. The zero-order valence-corrected chi connectivity index (χ0v) is 19.6. The lowest BCUT2D eigenvalue weighted by Crippen LogP contribution is -2.15. The molecule has 3 aromatic carbocycles. The molecule has 0 atom stereocenters. The maximum Gasteiger partial charge on any atom is 0.255 e. The number of thioether (sulfide) groups is 1. The van der Waals surface area contributed by atoms with Gasteiger partial charge in [-0.05, 0) is 48.5 Å². The van der Waals surface area contributed by atoms with Crippen molar-refractivity contribution < 1.29 is 19.1 Å². The van der Waals surface area contributed by atoms with Crippen LogP contribution in [0.4, 0.5) is 11.4 Å². The molecule has 9 heteroatoms. The summed E-state index contributed by atoms with van der Waals surface area (Å²) in [5.74, 6) is 0.621. The summed E-state index contributed by atoms with van der Waals surface area (Å²) in [7, 11) is 3.00. The molecular formula is C23H20Cl2N2O4S. The van der Waals surface area contributed by atoms with Crippen molar-refractivity contribution in [2.45, 2.75) is 4.90 Å². The van der Waals surface area contributed by atoms with Crippen LogP contribution in [-0.2, 0) is 4.79 Å². The van der Waals surface area contributed by atoms with Crippen LogP contribution in [0.3, 0.4) is 0 Å². The van der Waals surface area contributed by atoms with Crippen molar-refractivity contribution >= 4 is 58.2 Å². The van der Waals surface area contributed by atoms with Gasteiger partial charge in [-0.25, -0.2) is 0 Å². The predicted molar refractivity (Wildman–Crippen MR) is 130 cm³/mol. The Morgan fingerprint density at radius 2 is 1.62 bits per heavy atom. The summed E-state index contributed by atoms with van der Waals surface area (Å²) in [6, 6.07) is 17.1. The molecule has 2 amide bonds. The highest BCUT2D eigenvalue weighted by Gasteiger charge is 2.13. The molecule has 3 aromatic rings. The van der Waals surface area contributed by atoms with Crippen molar-refractivity contribution in [3.05, 3.63) is 76.3 Å². The summed E-state index contributed by atoms with van der Waals surface area (Å²) in [5, 5.41) is 6.47. The highest BCUT2D eigenvalue weighted by molar-refractivity contribution is 8.00. The zero-order valence-electron chi connectivity index (χ0n) is 17.3. The zero-order chi connectivity index (χ0) is 23.1. The molecule has 0 aliphatic carbocycles. The smallest absolute Gasteiger partial charge is 0.255 e. The van der Waals surface area contributed by atoms with E-state index in [1.807, 2.05) is 12.1 Å². The fourth-order valence-electron chi connectivity index (χ4n) is 2.76. The van der Waals surface area contributed by atoms with Crippen LogP contribution in [0, 0.1) is 0 Å². The van der Waals surface area contributed by atoms with E-state index in [-0.39, 0.29) is 17.6 Å². The second-order valence-corrected chi connectivity index (χ2v) is 8.41. The number of amides is 2. The van der Waals surface area contributed by atoms with Crippen molar-refractivity contribution in [2.75, 3.05) is 30.6 Å². The Balaban J connectivity index is 1.55. The van der Waals surface area contributed by atoms with Crippen molar-refractivity contribution in [2.24, 2.45) is 0 Å². The van der Waals surface area contributed by atoms with E-state index in [4.69, 9.17) is 32.7 Å². The summed E-state index contributed by atoms with van der Waals surface area (Å²) in [5.41, 5.74) is 1.58. The third-order valence-electron chi connectivity index (χ3n) is 4.32. The van der Waals surface area contributed by atoms with Crippen LogP contribution in [0.5, 0.6) is 11.5 Å². The Bertz CT molecular complexity index is 1120. The van der Waals surface area contributed by atoms with E-state index < -0.39 is 0 Å². The molecule has 0 bridgehead atoms. The van der Waals surface area contributed by atoms with E-state index in [0.29, 0.717) is 38.5 Å². The van der Waals surface area contributed by atoms with Crippen LogP contribution >= 0.6 is 35.0 Å². The summed E-state index contributed by atoms with van der Waals surface area (Å²) in [4.78, 5) is 25.6. The summed E-state index contributed by atoms with van der Waals surface area (Å²) >= 11 is 13.4.